The number of rotatable bonds is 3. The molecule has 0 heterocycles. The summed E-state index contributed by atoms with van der Waals surface area (Å²) < 4.78 is 11.4. The van der Waals surface area contributed by atoms with Crippen LogP contribution in [0, 0.1) is 5.92 Å². The van der Waals surface area contributed by atoms with Crippen LogP contribution in [0.15, 0.2) is 12.3 Å². The number of nitrogens with one attached hydrogen (secondary N) is 1. The van der Waals surface area contributed by atoms with Crippen molar-refractivity contribution in [2.45, 2.75) is 20.3 Å². The van der Waals surface area contributed by atoms with Crippen molar-refractivity contribution in [3.63, 3.8) is 0 Å². The third-order valence-electron chi connectivity index (χ3n) is 0.788. The second-order valence-electron chi connectivity index (χ2n) is 2.30. The van der Waals surface area contributed by atoms with Gasteiger partial charge < -0.3 is 0 Å². The lowest BCUT2D eigenvalue weighted by atomic mass is 10.1. The minimum absolute atomic E-state index is 0.458. The minimum atomic E-state index is 0.458. The molecule has 0 saturated carbocycles. The van der Waals surface area contributed by atoms with Gasteiger partial charge in [0, 0.05) is 5.70 Å². The standard InChI is InChI=1S/C6H12FN/c1-5(2)4-6(3)8-7/h5,8H,3-4H2,1-2H3. The minimum Gasteiger partial charge on any atom is -0.229 e. The Hall–Kier alpha value is -0.530. The second-order valence-corrected chi connectivity index (χ2v) is 2.30. The summed E-state index contributed by atoms with van der Waals surface area (Å²) in [6.45, 7) is 7.46. The molecule has 0 fully saturated rings. The Labute approximate surface area is 49.5 Å². The maximum atomic E-state index is 11.4. The summed E-state index contributed by atoms with van der Waals surface area (Å²) in [4.78, 5) is 0. The Morgan fingerprint density at radius 1 is 1.75 bits per heavy atom. The van der Waals surface area contributed by atoms with Gasteiger partial charge in [-0.2, -0.15) is 0 Å². The van der Waals surface area contributed by atoms with Crippen LogP contribution in [-0.2, 0) is 0 Å². The van der Waals surface area contributed by atoms with Gasteiger partial charge in [0.25, 0.3) is 0 Å². The Balaban J connectivity index is 3.25. The average Bonchev–Trinajstić information content (AvgIpc) is 1.65. The predicted molar refractivity (Wildman–Crippen MR) is 32.8 cm³/mol. The van der Waals surface area contributed by atoms with Crippen molar-refractivity contribution >= 4 is 0 Å². The van der Waals surface area contributed by atoms with Crippen LogP contribution in [0.2, 0.25) is 0 Å². The predicted octanol–water partition coefficient (Wildman–Crippen LogP) is 2.02. The molecule has 1 N–H and O–H groups in total. The smallest absolute Gasteiger partial charge is 0.0360 e. The Bertz CT molecular complexity index is 78.6. The van der Waals surface area contributed by atoms with Gasteiger partial charge in [0.15, 0.2) is 0 Å². The molecular formula is C6H12FN. The maximum absolute atomic E-state index is 11.4. The molecule has 0 saturated heterocycles. The van der Waals surface area contributed by atoms with E-state index in [9.17, 15) is 4.48 Å². The van der Waals surface area contributed by atoms with Gasteiger partial charge in [0.2, 0.25) is 0 Å². The molecule has 0 aliphatic carbocycles. The van der Waals surface area contributed by atoms with Gasteiger partial charge in [0.1, 0.15) is 0 Å². The Morgan fingerprint density at radius 2 is 2.25 bits per heavy atom. The van der Waals surface area contributed by atoms with E-state index in [1.54, 1.807) is 0 Å². The van der Waals surface area contributed by atoms with Crippen molar-refractivity contribution in [3.05, 3.63) is 12.3 Å². The quantitative estimate of drug-likeness (QED) is 0.557. The van der Waals surface area contributed by atoms with E-state index in [4.69, 9.17) is 0 Å². The normalized spacial score (nSPS) is 9.50. The molecule has 0 amide bonds. The molecule has 0 aromatic carbocycles. The molecule has 0 aliphatic heterocycles. The molecule has 0 atom stereocenters. The molecule has 0 aromatic heterocycles. The zero-order chi connectivity index (χ0) is 6.57. The van der Waals surface area contributed by atoms with Gasteiger partial charge in [-0.05, 0) is 12.3 Å². The van der Waals surface area contributed by atoms with Gasteiger partial charge in [-0.3, -0.25) is 0 Å². The highest BCUT2D eigenvalue weighted by Crippen LogP contribution is 2.04. The molecule has 0 unspecified atom stereocenters. The van der Waals surface area contributed by atoms with Crippen molar-refractivity contribution in [3.8, 4) is 0 Å². The zero-order valence-electron chi connectivity index (χ0n) is 5.37. The van der Waals surface area contributed by atoms with Crippen LogP contribution in [0.5, 0.6) is 0 Å². The SMILES string of the molecule is C=C(CC(C)C)NF. The highest BCUT2D eigenvalue weighted by molar-refractivity contribution is 4.87. The van der Waals surface area contributed by atoms with Gasteiger partial charge in [0.05, 0.1) is 0 Å². The van der Waals surface area contributed by atoms with E-state index in [0.29, 0.717) is 18.0 Å². The largest absolute Gasteiger partial charge is 0.229 e. The molecule has 0 radical (unpaired) electrons. The molecular weight excluding hydrogens is 105 g/mol. The van der Waals surface area contributed by atoms with Gasteiger partial charge in [-0.1, -0.05) is 20.4 Å². The van der Waals surface area contributed by atoms with Crippen LogP contribution in [-0.4, -0.2) is 0 Å². The van der Waals surface area contributed by atoms with Crippen LogP contribution in [0.3, 0.4) is 0 Å². The molecule has 0 bridgehead atoms. The average molecular weight is 117 g/mol. The number of hydrogen-bond donors (Lipinski definition) is 1. The lowest BCUT2D eigenvalue weighted by molar-refractivity contribution is 0.367. The fourth-order valence-electron chi connectivity index (χ4n) is 0.531. The first-order valence-electron chi connectivity index (χ1n) is 2.71. The molecule has 1 nitrogen and oxygen atoms in total. The van der Waals surface area contributed by atoms with E-state index in [1.165, 1.54) is 5.54 Å². The lowest BCUT2D eigenvalue weighted by Gasteiger charge is -2.02. The highest BCUT2D eigenvalue weighted by atomic mass is 19.2. The summed E-state index contributed by atoms with van der Waals surface area (Å²) >= 11 is 0. The summed E-state index contributed by atoms with van der Waals surface area (Å²) in [5, 5.41) is 0. The number of hydrogen-bond acceptors (Lipinski definition) is 1. The van der Waals surface area contributed by atoms with Crippen molar-refractivity contribution in [2.75, 3.05) is 0 Å². The monoisotopic (exact) mass is 117 g/mol. The van der Waals surface area contributed by atoms with E-state index < -0.39 is 0 Å². The first-order chi connectivity index (χ1) is 3.66. The van der Waals surface area contributed by atoms with E-state index in [1.807, 2.05) is 13.8 Å². The third-order valence-corrected chi connectivity index (χ3v) is 0.788. The fraction of sp³-hybridized carbons (Fsp3) is 0.667. The van der Waals surface area contributed by atoms with Crippen molar-refractivity contribution < 1.29 is 4.48 Å². The topological polar surface area (TPSA) is 12.0 Å². The van der Waals surface area contributed by atoms with Crippen molar-refractivity contribution in [1.82, 2.24) is 5.54 Å². The van der Waals surface area contributed by atoms with Gasteiger partial charge in [-0.25, -0.2) is 5.54 Å². The van der Waals surface area contributed by atoms with E-state index >= 15 is 0 Å². The summed E-state index contributed by atoms with van der Waals surface area (Å²) in [5.74, 6) is 0.478. The number of halogens is 1. The molecule has 0 aromatic rings. The summed E-state index contributed by atoms with van der Waals surface area (Å²) in [7, 11) is 0. The van der Waals surface area contributed by atoms with Crippen molar-refractivity contribution in [1.29, 1.82) is 0 Å². The highest BCUT2D eigenvalue weighted by Gasteiger charge is 1.95. The molecule has 0 spiro atoms. The summed E-state index contributed by atoms with van der Waals surface area (Å²) in [6.07, 6.45) is 0.705. The van der Waals surface area contributed by atoms with Crippen LogP contribution >= 0.6 is 0 Å². The lowest BCUT2D eigenvalue weighted by Crippen LogP contribution is -2.01. The second kappa shape index (κ2) is 3.47. The summed E-state index contributed by atoms with van der Waals surface area (Å²) in [6, 6.07) is 0. The van der Waals surface area contributed by atoms with E-state index in [2.05, 4.69) is 6.58 Å². The Morgan fingerprint density at radius 3 is 2.38 bits per heavy atom. The molecule has 0 rings (SSSR count). The van der Waals surface area contributed by atoms with Crippen LogP contribution < -0.4 is 5.54 Å². The first kappa shape index (κ1) is 7.47. The maximum Gasteiger partial charge on any atom is 0.0360 e. The summed E-state index contributed by atoms with van der Waals surface area (Å²) in [5.41, 5.74) is 1.96. The van der Waals surface area contributed by atoms with Crippen LogP contribution in [0.4, 0.5) is 4.48 Å². The van der Waals surface area contributed by atoms with Gasteiger partial charge in [-0.15, -0.1) is 4.48 Å². The molecule has 8 heavy (non-hydrogen) atoms. The van der Waals surface area contributed by atoms with Crippen LogP contribution in [0.1, 0.15) is 20.3 Å². The Kier molecular flexibility index (Phi) is 3.24. The first-order valence-corrected chi connectivity index (χ1v) is 2.71. The molecule has 48 valence electrons. The third kappa shape index (κ3) is 3.65. The van der Waals surface area contributed by atoms with Crippen molar-refractivity contribution in [2.24, 2.45) is 5.92 Å². The molecule has 0 aliphatic rings. The van der Waals surface area contributed by atoms with Crippen LogP contribution in [0.25, 0.3) is 0 Å². The zero-order valence-corrected chi connectivity index (χ0v) is 5.37. The van der Waals surface area contributed by atoms with Gasteiger partial charge >= 0.3 is 0 Å². The molecule has 2 heteroatoms. The van der Waals surface area contributed by atoms with E-state index in [-0.39, 0.29) is 0 Å². The number of allylic oxidation sites excluding steroid dienone is 1. The van der Waals surface area contributed by atoms with E-state index in [0.717, 1.165) is 0 Å². The fourth-order valence-corrected chi connectivity index (χ4v) is 0.531.